The van der Waals surface area contributed by atoms with Crippen molar-refractivity contribution in [2.24, 2.45) is 0 Å². The van der Waals surface area contributed by atoms with E-state index in [4.69, 9.17) is 30.5 Å². The van der Waals surface area contributed by atoms with Crippen LogP contribution in [0.15, 0.2) is 60.7 Å². The SMILES string of the molecule is COc1ccc(NC(=O)/C=C/c2ccc(Cl)cc2)c(/C=C/c2cc(OC)c(OC)c(OC)c2)c1. The number of halogens is 1. The average molecular weight is 480 g/mol. The first-order chi connectivity index (χ1) is 16.5. The van der Waals surface area contributed by atoms with Gasteiger partial charge in [-0.25, -0.2) is 0 Å². The Balaban J connectivity index is 1.86. The normalized spacial score (nSPS) is 11.0. The number of amides is 1. The summed E-state index contributed by atoms with van der Waals surface area (Å²) in [6, 6.07) is 16.3. The van der Waals surface area contributed by atoms with Crippen molar-refractivity contribution in [3.8, 4) is 23.0 Å². The highest BCUT2D eigenvalue weighted by molar-refractivity contribution is 6.30. The van der Waals surface area contributed by atoms with Crippen molar-refractivity contribution < 1.29 is 23.7 Å². The maximum Gasteiger partial charge on any atom is 0.248 e. The van der Waals surface area contributed by atoms with E-state index in [0.717, 1.165) is 16.7 Å². The third-order valence-corrected chi connectivity index (χ3v) is 5.21. The Labute approximate surface area is 204 Å². The van der Waals surface area contributed by atoms with Gasteiger partial charge in [0.1, 0.15) is 5.75 Å². The number of hydrogen-bond donors (Lipinski definition) is 1. The van der Waals surface area contributed by atoms with Crippen LogP contribution < -0.4 is 24.3 Å². The topological polar surface area (TPSA) is 66.0 Å². The molecular formula is C27H26ClNO5. The van der Waals surface area contributed by atoms with E-state index in [9.17, 15) is 4.79 Å². The molecule has 0 atom stereocenters. The van der Waals surface area contributed by atoms with Crippen molar-refractivity contribution in [3.05, 3.63) is 82.4 Å². The van der Waals surface area contributed by atoms with Gasteiger partial charge in [-0.1, -0.05) is 35.9 Å². The summed E-state index contributed by atoms with van der Waals surface area (Å²) >= 11 is 5.91. The van der Waals surface area contributed by atoms with Crippen LogP contribution in [0.3, 0.4) is 0 Å². The molecule has 0 aromatic heterocycles. The van der Waals surface area contributed by atoms with E-state index >= 15 is 0 Å². The lowest BCUT2D eigenvalue weighted by atomic mass is 10.1. The summed E-state index contributed by atoms with van der Waals surface area (Å²) < 4.78 is 21.6. The summed E-state index contributed by atoms with van der Waals surface area (Å²) in [7, 11) is 6.29. The molecule has 0 unspecified atom stereocenters. The van der Waals surface area contributed by atoms with Crippen molar-refractivity contribution in [2.75, 3.05) is 33.8 Å². The largest absolute Gasteiger partial charge is 0.497 e. The van der Waals surface area contributed by atoms with E-state index < -0.39 is 0 Å². The first kappa shape index (κ1) is 24.7. The Kier molecular flexibility index (Phi) is 8.60. The lowest BCUT2D eigenvalue weighted by Crippen LogP contribution is -2.09. The first-order valence-corrected chi connectivity index (χ1v) is 10.8. The molecular weight excluding hydrogens is 454 g/mol. The Morgan fingerprint density at radius 3 is 2.03 bits per heavy atom. The van der Waals surface area contributed by atoms with Crippen LogP contribution in [0.25, 0.3) is 18.2 Å². The first-order valence-electron chi connectivity index (χ1n) is 10.4. The summed E-state index contributed by atoms with van der Waals surface area (Å²) in [5.41, 5.74) is 3.10. The van der Waals surface area contributed by atoms with Gasteiger partial charge in [-0.2, -0.15) is 0 Å². The Morgan fingerprint density at radius 1 is 0.765 bits per heavy atom. The van der Waals surface area contributed by atoms with E-state index in [1.54, 1.807) is 58.8 Å². The third kappa shape index (κ3) is 6.33. The van der Waals surface area contributed by atoms with Crippen LogP contribution in [-0.2, 0) is 4.79 Å². The number of hydrogen-bond acceptors (Lipinski definition) is 5. The number of rotatable bonds is 9. The molecule has 0 saturated heterocycles. The minimum Gasteiger partial charge on any atom is -0.497 e. The monoisotopic (exact) mass is 479 g/mol. The van der Waals surface area contributed by atoms with E-state index in [1.165, 1.54) is 6.08 Å². The molecule has 3 rings (SSSR count). The fourth-order valence-electron chi connectivity index (χ4n) is 3.22. The smallest absolute Gasteiger partial charge is 0.248 e. The molecule has 0 fully saturated rings. The Bertz CT molecular complexity index is 1180. The van der Waals surface area contributed by atoms with Gasteiger partial charge in [-0.05, 0) is 59.7 Å². The standard InChI is InChI=1S/C27H26ClNO5/c1-31-22-12-13-23(29-26(30)14-8-18-6-10-21(28)11-7-18)20(17-22)9-5-19-15-24(32-2)27(34-4)25(16-19)33-3/h5-17H,1-4H3,(H,29,30)/b9-5+,14-8+. The maximum atomic E-state index is 12.5. The molecule has 0 heterocycles. The van der Waals surface area contributed by atoms with Gasteiger partial charge in [-0.15, -0.1) is 0 Å². The number of methoxy groups -OCH3 is 4. The lowest BCUT2D eigenvalue weighted by molar-refractivity contribution is -0.111. The minimum atomic E-state index is -0.262. The van der Waals surface area contributed by atoms with Crippen LogP contribution in [0.2, 0.25) is 5.02 Å². The van der Waals surface area contributed by atoms with Crippen LogP contribution in [-0.4, -0.2) is 34.3 Å². The van der Waals surface area contributed by atoms with E-state index in [0.29, 0.717) is 33.7 Å². The van der Waals surface area contributed by atoms with Crippen LogP contribution in [0.4, 0.5) is 5.69 Å². The van der Waals surface area contributed by atoms with E-state index in [1.807, 2.05) is 42.5 Å². The van der Waals surface area contributed by atoms with Gasteiger partial charge in [0, 0.05) is 22.3 Å². The van der Waals surface area contributed by atoms with Gasteiger partial charge in [0.05, 0.1) is 28.4 Å². The van der Waals surface area contributed by atoms with E-state index in [2.05, 4.69) is 5.32 Å². The zero-order chi connectivity index (χ0) is 24.5. The molecule has 1 N–H and O–H groups in total. The molecule has 0 radical (unpaired) electrons. The molecule has 0 spiro atoms. The Morgan fingerprint density at radius 2 is 1.44 bits per heavy atom. The van der Waals surface area contributed by atoms with Gasteiger partial charge in [0.25, 0.3) is 0 Å². The van der Waals surface area contributed by atoms with Crippen LogP contribution >= 0.6 is 11.6 Å². The molecule has 176 valence electrons. The predicted molar refractivity (Wildman–Crippen MR) is 137 cm³/mol. The maximum absolute atomic E-state index is 12.5. The average Bonchev–Trinajstić information content (AvgIpc) is 2.86. The number of anilines is 1. The highest BCUT2D eigenvalue weighted by Gasteiger charge is 2.12. The van der Waals surface area contributed by atoms with Gasteiger partial charge in [-0.3, -0.25) is 4.79 Å². The zero-order valence-electron chi connectivity index (χ0n) is 19.4. The molecule has 34 heavy (non-hydrogen) atoms. The summed E-state index contributed by atoms with van der Waals surface area (Å²) in [5.74, 6) is 2.02. The van der Waals surface area contributed by atoms with Crippen molar-refractivity contribution in [1.29, 1.82) is 0 Å². The molecule has 0 aliphatic rings. The fourth-order valence-corrected chi connectivity index (χ4v) is 3.35. The molecule has 1 amide bonds. The summed E-state index contributed by atoms with van der Waals surface area (Å²) in [6.45, 7) is 0. The molecule has 0 aliphatic heterocycles. The van der Waals surface area contributed by atoms with Crippen molar-refractivity contribution >= 4 is 41.4 Å². The molecule has 7 heteroatoms. The van der Waals surface area contributed by atoms with Crippen molar-refractivity contribution in [3.63, 3.8) is 0 Å². The number of ether oxygens (including phenoxy) is 4. The molecule has 3 aromatic rings. The van der Waals surface area contributed by atoms with Gasteiger partial charge in [0.15, 0.2) is 11.5 Å². The molecule has 0 aliphatic carbocycles. The second-order valence-corrected chi connectivity index (χ2v) is 7.56. The quantitative estimate of drug-likeness (QED) is 0.292. The number of nitrogens with one attached hydrogen (secondary N) is 1. The minimum absolute atomic E-state index is 0.262. The molecule has 3 aromatic carbocycles. The second kappa shape index (κ2) is 11.8. The highest BCUT2D eigenvalue weighted by atomic mass is 35.5. The number of benzene rings is 3. The number of carbonyl (C=O) groups is 1. The zero-order valence-corrected chi connectivity index (χ0v) is 20.2. The summed E-state index contributed by atoms with van der Waals surface area (Å²) in [4.78, 5) is 12.5. The van der Waals surface area contributed by atoms with Gasteiger partial charge in [0.2, 0.25) is 11.7 Å². The lowest BCUT2D eigenvalue weighted by Gasteiger charge is -2.13. The van der Waals surface area contributed by atoms with Crippen molar-refractivity contribution in [2.45, 2.75) is 0 Å². The molecule has 6 nitrogen and oxygen atoms in total. The van der Waals surface area contributed by atoms with Gasteiger partial charge < -0.3 is 24.3 Å². The van der Waals surface area contributed by atoms with Crippen LogP contribution in [0, 0.1) is 0 Å². The molecule has 0 bridgehead atoms. The highest BCUT2D eigenvalue weighted by Crippen LogP contribution is 2.38. The van der Waals surface area contributed by atoms with Crippen LogP contribution in [0.5, 0.6) is 23.0 Å². The summed E-state index contributed by atoms with van der Waals surface area (Å²) in [6.07, 6.45) is 6.96. The number of carbonyl (C=O) groups excluding carboxylic acids is 1. The second-order valence-electron chi connectivity index (χ2n) is 7.12. The van der Waals surface area contributed by atoms with Gasteiger partial charge >= 0.3 is 0 Å². The molecule has 0 saturated carbocycles. The fraction of sp³-hybridized carbons (Fsp3) is 0.148. The van der Waals surface area contributed by atoms with E-state index in [-0.39, 0.29) is 5.91 Å². The van der Waals surface area contributed by atoms with Crippen molar-refractivity contribution in [1.82, 2.24) is 0 Å². The predicted octanol–water partition coefficient (Wildman–Crippen LogP) is 6.20. The summed E-state index contributed by atoms with van der Waals surface area (Å²) in [5, 5.41) is 3.56. The third-order valence-electron chi connectivity index (χ3n) is 4.96. The Hall–Kier alpha value is -3.90. The van der Waals surface area contributed by atoms with Crippen LogP contribution in [0.1, 0.15) is 16.7 Å².